The van der Waals surface area contributed by atoms with Gasteiger partial charge < -0.3 is 4.84 Å². The SMILES string of the molecule is O=[N+]([O-])C1C(Cc2cccc3ccccc23)=NOC1c1cccc2ccccc12. The van der Waals surface area contributed by atoms with Crippen molar-refractivity contribution < 1.29 is 9.76 Å². The first-order chi connectivity index (χ1) is 14.2. The highest BCUT2D eigenvalue weighted by Gasteiger charge is 2.45. The zero-order chi connectivity index (χ0) is 19.8. The van der Waals surface area contributed by atoms with Crippen molar-refractivity contribution in [2.75, 3.05) is 0 Å². The third kappa shape index (κ3) is 3.01. The molecular weight excluding hydrogens is 364 g/mol. The van der Waals surface area contributed by atoms with E-state index in [1.54, 1.807) is 0 Å². The Balaban J connectivity index is 1.53. The molecule has 0 saturated carbocycles. The average molecular weight is 382 g/mol. The van der Waals surface area contributed by atoms with Crippen molar-refractivity contribution in [1.29, 1.82) is 0 Å². The van der Waals surface area contributed by atoms with Gasteiger partial charge in [-0.2, -0.15) is 0 Å². The third-order valence-electron chi connectivity index (χ3n) is 5.52. The van der Waals surface area contributed by atoms with Crippen molar-refractivity contribution in [1.82, 2.24) is 0 Å². The summed E-state index contributed by atoms with van der Waals surface area (Å²) in [5, 5.41) is 20.4. The monoisotopic (exact) mass is 382 g/mol. The molecule has 142 valence electrons. The maximum Gasteiger partial charge on any atom is 0.297 e. The van der Waals surface area contributed by atoms with E-state index in [0.717, 1.165) is 32.7 Å². The van der Waals surface area contributed by atoms with E-state index in [4.69, 9.17) is 4.84 Å². The normalized spacial score (nSPS) is 18.6. The Morgan fingerprint density at radius 1 is 0.828 bits per heavy atom. The Morgan fingerprint density at radius 2 is 1.45 bits per heavy atom. The topological polar surface area (TPSA) is 64.7 Å². The second-order valence-corrected chi connectivity index (χ2v) is 7.22. The molecule has 0 aromatic heterocycles. The molecule has 0 radical (unpaired) electrons. The van der Waals surface area contributed by atoms with E-state index in [1.807, 2.05) is 84.9 Å². The lowest BCUT2D eigenvalue weighted by Crippen LogP contribution is -2.33. The minimum absolute atomic E-state index is 0.274. The predicted molar refractivity (Wildman–Crippen MR) is 114 cm³/mol. The number of rotatable bonds is 4. The molecule has 0 aliphatic carbocycles. The van der Waals surface area contributed by atoms with Gasteiger partial charge in [-0.05, 0) is 27.1 Å². The lowest BCUT2D eigenvalue weighted by Gasteiger charge is -2.15. The molecule has 0 fully saturated rings. The van der Waals surface area contributed by atoms with Gasteiger partial charge in [-0.1, -0.05) is 90.1 Å². The molecule has 0 saturated heterocycles. The van der Waals surface area contributed by atoms with Crippen LogP contribution < -0.4 is 0 Å². The molecule has 5 heteroatoms. The summed E-state index contributed by atoms with van der Waals surface area (Å²) in [7, 11) is 0. The molecule has 4 aromatic carbocycles. The fourth-order valence-corrected chi connectivity index (χ4v) is 4.15. The number of nitrogens with zero attached hydrogens (tertiary/aromatic N) is 2. The van der Waals surface area contributed by atoms with Crippen LogP contribution in [-0.2, 0) is 11.3 Å². The van der Waals surface area contributed by atoms with E-state index >= 15 is 0 Å². The van der Waals surface area contributed by atoms with Gasteiger partial charge in [0.05, 0.1) is 0 Å². The van der Waals surface area contributed by atoms with Crippen molar-refractivity contribution >= 4 is 27.3 Å². The summed E-state index contributed by atoms with van der Waals surface area (Å²) in [6.45, 7) is 0. The number of hydrogen-bond acceptors (Lipinski definition) is 4. The second kappa shape index (κ2) is 7.02. The molecule has 0 amide bonds. The molecule has 1 aliphatic rings. The Hall–Kier alpha value is -3.73. The van der Waals surface area contributed by atoms with E-state index in [2.05, 4.69) is 5.16 Å². The quantitative estimate of drug-likeness (QED) is 0.355. The van der Waals surface area contributed by atoms with Crippen LogP contribution in [0.15, 0.2) is 90.1 Å². The van der Waals surface area contributed by atoms with Crippen molar-refractivity contribution in [3.8, 4) is 0 Å². The van der Waals surface area contributed by atoms with Crippen LogP contribution in [0.2, 0.25) is 0 Å². The molecule has 0 N–H and O–H groups in total. The largest absolute Gasteiger partial charge is 0.380 e. The highest BCUT2D eigenvalue weighted by atomic mass is 16.7. The summed E-state index contributed by atoms with van der Waals surface area (Å²) in [5.41, 5.74) is 2.25. The molecule has 29 heavy (non-hydrogen) atoms. The summed E-state index contributed by atoms with van der Waals surface area (Å²) < 4.78 is 0. The molecule has 5 nitrogen and oxygen atoms in total. The number of benzene rings is 4. The number of hydrogen-bond donors (Lipinski definition) is 0. The lowest BCUT2D eigenvalue weighted by molar-refractivity contribution is -0.513. The van der Waals surface area contributed by atoms with Crippen LogP contribution in [0, 0.1) is 10.1 Å². The standard InChI is InChI=1S/C24H18N2O3/c27-26(28)23-22(15-18-11-5-9-16-7-1-3-12-19(16)18)25-29-24(23)21-14-6-10-17-8-2-4-13-20(17)21/h1-14,23-24H,15H2. The van der Waals surface area contributed by atoms with Crippen molar-refractivity contribution in [3.05, 3.63) is 106 Å². The van der Waals surface area contributed by atoms with Gasteiger partial charge in [-0.25, -0.2) is 0 Å². The summed E-state index contributed by atoms with van der Waals surface area (Å²) in [4.78, 5) is 17.4. The highest BCUT2D eigenvalue weighted by molar-refractivity contribution is 5.97. The minimum atomic E-state index is -1.01. The van der Waals surface area contributed by atoms with Crippen LogP contribution in [0.4, 0.5) is 0 Å². The smallest absolute Gasteiger partial charge is 0.297 e. The highest BCUT2D eigenvalue weighted by Crippen LogP contribution is 2.35. The van der Waals surface area contributed by atoms with Gasteiger partial charge >= 0.3 is 0 Å². The van der Waals surface area contributed by atoms with Crippen LogP contribution in [-0.4, -0.2) is 16.7 Å². The Bertz CT molecular complexity index is 1250. The Labute approximate surface area is 167 Å². The van der Waals surface area contributed by atoms with Crippen LogP contribution >= 0.6 is 0 Å². The fraction of sp³-hybridized carbons (Fsp3) is 0.125. The van der Waals surface area contributed by atoms with E-state index in [1.165, 1.54) is 0 Å². The number of oxime groups is 1. The Kier molecular flexibility index (Phi) is 4.21. The zero-order valence-electron chi connectivity index (χ0n) is 15.6. The Morgan fingerprint density at radius 3 is 2.21 bits per heavy atom. The van der Waals surface area contributed by atoms with Gasteiger partial charge in [0.2, 0.25) is 6.10 Å². The molecule has 5 rings (SSSR count). The summed E-state index contributed by atoms with van der Waals surface area (Å²) >= 11 is 0. The lowest BCUT2D eigenvalue weighted by atomic mass is 9.91. The van der Waals surface area contributed by atoms with Crippen LogP contribution in [0.25, 0.3) is 21.5 Å². The van der Waals surface area contributed by atoms with Gasteiger partial charge in [0.1, 0.15) is 5.71 Å². The van der Waals surface area contributed by atoms with Crippen LogP contribution in [0.5, 0.6) is 0 Å². The molecule has 2 unspecified atom stereocenters. The van der Waals surface area contributed by atoms with Gasteiger partial charge in [0.15, 0.2) is 0 Å². The molecular formula is C24H18N2O3. The first-order valence-corrected chi connectivity index (χ1v) is 9.53. The molecule has 1 aliphatic heterocycles. The third-order valence-corrected chi connectivity index (χ3v) is 5.52. The summed E-state index contributed by atoms with van der Waals surface area (Å²) in [6.07, 6.45) is -0.352. The second-order valence-electron chi connectivity index (χ2n) is 7.22. The molecule has 2 atom stereocenters. The van der Waals surface area contributed by atoms with E-state index < -0.39 is 12.1 Å². The minimum Gasteiger partial charge on any atom is -0.380 e. The molecule has 1 heterocycles. The summed E-state index contributed by atoms with van der Waals surface area (Å²) in [5.74, 6) is 0. The number of fused-ring (bicyclic) bond motifs is 2. The first kappa shape index (κ1) is 17.4. The van der Waals surface area contributed by atoms with Crippen molar-refractivity contribution in [2.45, 2.75) is 18.6 Å². The molecule has 0 spiro atoms. The van der Waals surface area contributed by atoms with Gasteiger partial charge in [-0.15, -0.1) is 0 Å². The van der Waals surface area contributed by atoms with E-state index in [9.17, 15) is 10.1 Å². The fourth-order valence-electron chi connectivity index (χ4n) is 4.15. The average Bonchev–Trinajstić information content (AvgIpc) is 3.17. The molecule has 0 bridgehead atoms. The summed E-state index contributed by atoms with van der Waals surface area (Å²) in [6, 6.07) is 26.6. The maximum atomic E-state index is 12.0. The van der Waals surface area contributed by atoms with Gasteiger partial charge in [0, 0.05) is 16.9 Å². The van der Waals surface area contributed by atoms with Crippen molar-refractivity contribution in [2.24, 2.45) is 5.16 Å². The predicted octanol–water partition coefficient (Wildman–Crippen LogP) is 5.31. The van der Waals surface area contributed by atoms with Crippen molar-refractivity contribution in [3.63, 3.8) is 0 Å². The number of nitro groups is 1. The van der Waals surface area contributed by atoms with E-state index in [-0.39, 0.29) is 4.92 Å². The van der Waals surface area contributed by atoms with E-state index in [0.29, 0.717) is 12.1 Å². The molecule has 4 aromatic rings. The first-order valence-electron chi connectivity index (χ1n) is 9.53. The van der Waals surface area contributed by atoms with Gasteiger partial charge in [0.25, 0.3) is 6.04 Å². The maximum absolute atomic E-state index is 12.0. The van der Waals surface area contributed by atoms with Crippen LogP contribution in [0.1, 0.15) is 17.2 Å². The van der Waals surface area contributed by atoms with Crippen LogP contribution in [0.3, 0.4) is 0 Å². The zero-order valence-corrected chi connectivity index (χ0v) is 15.6. The van der Waals surface area contributed by atoms with Gasteiger partial charge in [-0.3, -0.25) is 10.1 Å².